The molecule has 0 radical (unpaired) electrons. The molecule has 0 saturated carbocycles. The fourth-order valence-corrected chi connectivity index (χ4v) is 4.15. The Labute approximate surface area is 183 Å². The summed E-state index contributed by atoms with van der Waals surface area (Å²) >= 11 is 0. The summed E-state index contributed by atoms with van der Waals surface area (Å²) in [4.78, 5) is 29.2. The molecule has 32 heavy (non-hydrogen) atoms. The zero-order valence-electron chi connectivity index (χ0n) is 17.4. The van der Waals surface area contributed by atoms with Gasteiger partial charge in [0.15, 0.2) is 0 Å². The molecule has 0 unspecified atom stereocenters. The second kappa shape index (κ2) is 7.74. The van der Waals surface area contributed by atoms with Crippen LogP contribution in [0.25, 0.3) is 32.9 Å². The highest BCUT2D eigenvalue weighted by Gasteiger charge is 2.19. The minimum Gasteiger partial charge on any atom is -0.307 e. The van der Waals surface area contributed by atoms with Crippen molar-refractivity contribution in [1.29, 1.82) is 0 Å². The molecule has 5 aromatic rings. The lowest BCUT2D eigenvalue weighted by Gasteiger charge is -2.17. The van der Waals surface area contributed by atoms with Gasteiger partial charge < -0.3 is 4.57 Å². The topological polar surface area (TPSA) is 78.0 Å². The van der Waals surface area contributed by atoms with Crippen molar-refractivity contribution < 1.29 is 4.92 Å². The number of rotatable bonds is 4. The van der Waals surface area contributed by atoms with Crippen molar-refractivity contribution >= 4 is 27.4 Å². The highest BCUT2D eigenvalue weighted by molar-refractivity contribution is 5.98. The summed E-state index contributed by atoms with van der Waals surface area (Å²) in [6, 6.07) is 25.9. The van der Waals surface area contributed by atoms with Gasteiger partial charge in [-0.05, 0) is 36.1 Å². The van der Waals surface area contributed by atoms with Crippen LogP contribution in [0.3, 0.4) is 0 Å². The van der Waals surface area contributed by atoms with Crippen LogP contribution < -0.4 is 5.56 Å². The Hall–Kier alpha value is -4.32. The molecule has 156 valence electrons. The fraction of sp³-hybridized carbons (Fsp3) is 0.0769. The smallest absolute Gasteiger partial charge is 0.270 e. The molecule has 5 rings (SSSR count). The van der Waals surface area contributed by atoms with E-state index in [1.807, 2.05) is 73.7 Å². The summed E-state index contributed by atoms with van der Waals surface area (Å²) in [5.74, 6) is 0. The predicted octanol–water partition coefficient (Wildman–Crippen LogP) is 5.48. The zero-order valence-corrected chi connectivity index (χ0v) is 17.4. The van der Waals surface area contributed by atoms with Crippen molar-refractivity contribution in [1.82, 2.24) is 9.55 Å². The predicted molar refractivity (Wildman–Crippen MR) is 126 cm³/mol. The minimum absolute atomic E-state index is 0.109. The van der Waals surface area contributed by atoms with Gasteiger partial charge in [0.1, 0.15) is 0 Å². The van der Waals surface area contributed by atoms with Gasteiger partial charge >= 0.3 is 0 Å². The third-order valence-electron chi connectivity index (χ3n) is 5.76. The van der Waals surface area contributed by atoms with Gasteiger partial charge in [0, 0.05) is 28.8 Å². The summed E-state index contributed by atoms with van der Waals surface area (Å²) in [7, 11) is 0. The zero-order chi connectivity index (χ0) is 22.2. The fourth-order valence-electron chi connectivity index (χ4n) is 4.15. The average molecular weight is 421 g/mol. The highest BCUT2D eigenvalue weighted by Crippen LogP contribution is 2.32. The quantitative estimate of drug-likeness (QED) is 0.284. The van der Waals surface area contributed by atoms with Crippen LogP contribution in [0.4, 0.5) is 5.69 Å². The van der Waals surface area contributed by atoms with Crippen molar-refractivity contribution in [3.63, 3.8) is 0 Å². The molecule has 0 spiro atoms. The third-order valence-corrected chi connectivity index (χ3v) is 5.76. The Morgan fingerprint density at radius 3 is 2.44 bits per heavy atom. The van der Waals surface area contributed by atoms with Gasteiger partial charge in [-0.1, -0.05) is 54.6 Å². The first-order valence-corrected chi connectivity index (χ1v) is 10.2. The van der Waals surface area contributed by atoms with Crippen molar-refractivity contribution in [3.05, 3.63) is 117 Å². The summed E-state index contributed by atoms with van der Waals surface area (Å²) < 4.78 is 1.67. The molecule has 2 heterocycles. The van der Waals surface area contributed by atoms with E-state index >= 15 is 0 Å². The number of para-hydroxylation sites is 1. The van der Waals surface area contributed by atoms with Crippen LogP contribution in [0.1, 0.15) is 11.3 Å². The van der Waals surface area contributed by atoms with Crippen molar-refractivity contribution in [2.24, 2.45) is 0 Å². The van der Waals surface area contributed by atoms with Gasteiger partial charge in [0.25, 0.3) is 11.2 Å². The summed E-state index contributed by atoms with van der Waals surface area (Å²) in [6.45, 7) is 2.27. The molecule has 0 amide bonds. The molecule has 6 nitrogen and oxygen atoms in total. The number of hydrogen-bond donors (Lipinski definition) is 0. The van der Waals surface area contributed by atoms with Gasteiger partial charge in [0.05, 0.1) is 28.1 Å². The van der Waals surface area contributed by atoms with E-state index in [2.05, 4.69) is 0 Å². The van der Waals surface area contributed by atoms with Gasteiger partial charge in [-0.2, -0.15) is 0 Å². The monoisotopic (exact) mass is 421 g/mol. The van der Waals surface area contributed by atoms with Crippen LogP contribution in [-0.4, -0.2) is 14.5 Å². The number of nitro benzene ring substituents is 1. The van der Waals surface area contributed by atoms with Gasteiger partial charge in [-0.3, -0.25) is 14.9 Å². The van der Waals surface area contributed by atoms with Gasteiger partial charge in [-0.15, -0.1) is 0 Å². The standard InChI is InChI=1S/C26H19N3O3/c1-17-25(24-14-11-19-9-5-6-10-23(19)27-24)21-13-12-20(29(31)32)15-22(21)26(30)28(17)16-18-7-3-2-4-8-18/h2-15H,16H2,1H3. The molecule has 0 N–H and O–H groups in total. The van der Waals surface area contributed by atoms with Crippen LogP contribution in [0.5, 0.6) is 0 Å². The van der Waals surface area contributed by atoms with E-state index in [1.165, 1.54) is 12.1 Å². The van der Waals surface area contributed by atoms with Crippen molar-refractivity contribution in [2.45, 2.75) is 13.5 Å². The van der Waals surface area contributed by atoms with Gasteiger partial charge in [0.2, 0.25) is 0 Å². The summed E-state index contributed by atoms with van der Waals surface area (Å²) in [5.41, 5.74) is 3.75. The minimum atomic E-state index is -0.478. The van der Waals surface area contributed by atoms with E-state index in [-0.39, 0.29) is 11.2 Å². The van der Waals surface area contributed by atoms with E-state index < -0.39 is 4.92 Å². The number of hydrogen-bond acceptors (Lipinski definition) is 4. The molecule has 6 heteroatoms. The maximum Gasteiger partial charge on any atom is 0.270 e. The Morgan fingerprint density at radius 2 is 1.66 bits per heavy atom. The van der Waals surface area contributed by atoms with E-state index in [0.717, 1.165) is 33.4 Å². The molecule has 0 aliphatic rings. The average Bonchev–Trinajstić information content (AvgIpc) is 2.82. The molecule has 2 aromatic heterocycles. The normalized spacial score (nSPS) is 11.2. The Morgan fingerprint density at radius 1 is 0.906 bits per heavy atom. The van der Waals surface area contributed by atoms with Crippen molar-refractivity contribution in [2.75, 3.05) is 0 Å². The Kier molecular flexibility index (Phi) is 4.75. The maximum atomic E-state index is 13.4. The first-order valence-electron chi connectivity index (χ1n) is 10.2. The van der Waals surface area contributed by atoms with Crippen LogP contribution in [0, 0.1) is 17.0 Å². The highest BCUT2D eigenvalue weighted by atomic mass is 16.6. The molecule has 0 bridgehead atoms. The SMILES string of the molecule is Cc1c(-c2ccc3ccccc3n2)c2ccc([N+](=O)[O-])cc2c(=O)n1Cc1ccccc1. The lowest BCUT2D eigenvalue weighted by atomic mass is 9.99. The molecular formula is C26H19N3O3. The summed E-state index contributed by atoms with van der Waals surface area (Å²) in [5, 5.41) is 13.4. The summed E-state index contributed by atoms with van der Waals surface area (Å²) in [6.07, 6.45) is 0. The molecule has 0 atom stereocenters. The molecule has 0 saturated heterocycles. The molecule has 0 aliphatic heterocycles. The molecular weight excluding hydrogens is 402 g/mol. The molecule has 0 aliphatic carbocycles. The van der Waals surface area contributed by atoms with E-state index in [4.69, 9.17) is 4.98 Å². The van der Waals surface area contributed by atoms with Crippen LogP contribution in [-0.2, 0) is 6.54 Å². The maximum absolute atomic E-state index is 13.4. The number of nitro groups is 1. The number of fused-ring (bicyclic) bond motifs is 2. The first-order chi connectivity index (χ1) is 15.5. The number of aromatic nitrogens is 2. The van der Waals surface area contributed by atoms with E-state index in [0.29, 0.717) is 17.3 Å². The number of non-ortho nitro benzene ring substituents is 1. The van der Waals surface area contributed by atoms with Crippen LogP contribution in [0.15, 0.2) is 89.7 Å². The van der Waals surface area contributed by atoms with E-state index in [9.17, 15) is 14.9 Å². The largest absolute Gasteiger partial charge is 0.307 e. The Bertz CT molecular complexity index is 1560. The third kappa shape index (κ3) is 3.32. The Balaban J connectivity index is 1.83. The second-order valence-electron chi connectivity index (χ2n) is 7.71. The molecule has 0 fully saturated rings. The van der Waals surface area contributed by atoms with Gasteiger partial charge in [-0.25, -0.2) is 4.98 Å². The van der Waals surface area contributed by atoms with Crippen LogP contribution >= 0.6 is 0 Å². The number of pyridine rings is 2. The second-order valence-corrected chi connectivity index (χ2v) is 7.71. The first kappa shape index (κ1) is 19.6. The molecule has 3 aromatic carbocycles. The lowest BCUT2D eigenvalue weighted by Crippen LogP contribution is -2.24. The lowest BCUT2D eigenvalue weighted by molar-refractivity contribution is -0.384. The van der Waals surface area contributed by atoms with Crippen LogP contribution in [0.2, 0.25) is 0 Å². The van der Waals surface area contributed by atoms with Crippen molar-refractivity contribution in [3.8, 4) is 11.3 Å². The number of benzene rings is 3. The number of nitrogens with zero attached hydrogens (tertiary/aromatic N) is 3. The van der Waals surface area contributed by atoms with E-state index in [1.54, 1.807) is 10.6 Å².